The summed E-state index contributed by atoms with van der Waals surface area (Å²) in [5.41, 5.74) is 0. The van der Waals surface area contributed by atoms with Gasteiger partial charge in [0.25, 0.3) is 0 Å². The number of nitrogens with one attached hydrogen (secondary N) is 1. The van der Waals surface area contributed by atoms with Crippen LogP contribution in [0.4, 0.5) is 0 Å². The molecule has 0 fully saturated rings. The van der Waals surface area contributed by atoms with Gasteiger partial charge in [-0.3, -0.25) is 0 Å². The molecule has 0 bridgehead atoms. The molecule has 0 saturated heterocycles. The predicted molar refractivity (Wildman–Crippen MR) is 84.4 cm³/mol. The average Bonchev–Trinajstić information content (AvgIpc) is 2.43. The minimum Gasteiger partial charge on any atom is -0.378 e. The first-order valence-corrected chi connectivity index (χ1v) is 7.51. The Kier molecular flexibility index (Phi) is 13.7. The maximum absolute atomic E-state index is 5.40. The average molecular weight is 279 g/mol. The number of hydrogen-bond donors (Lipinski definition) is 1. The summed E-state index contributed by atoms with van der Waals surface area (Å²) >= 11 is 0. The van der Waals surface area contributed by atoms with E-state index in [2.05, 4.69) is 56.7 Å². The molecule has 3 nitrogen and oxygen atoms in total. The van der Waals surface area contributed by atoms with Crippen LogP contribution in [-0.2, 0) is 9.47 Å². The fourth-order valence-electron chi connectivity index (χ4n) is 1.26. The standard InChI is InChI=1S/C17H29NO2/c1-5-17(4)10-8-6-7-9-12-19-14-15-20-13-11-18-16(2)3/h16-18H,5,10-15H2,1-4H3. The van der Waals surface area contributed by atoms with Crippen LogP contribution in [0.15, 0.2) is 0 Å². The van der Waals surface area contributed by atoms with Crippen LogP contribution in [0.5, 0.6) is 0 Å². The first-order chi connectivity index (χ1) is 9.66. The van der Waals surface area contributed by atoms with Crippen LogP contribution in [-0.4, -0.2) is 39.0 Å². The summed E-state index contributed by atoms with van der Waals surface area (Å²) in [7, 11) is 0. The van der Waals surface area contributed by atoms with Gasteiger partial charge in [0, 0.05) is 19.0 Å². The molecule has 0 rings (SSSR count). The third kappa shape index (κ3) is 15.1. The zero-order valence-electron chi connectivity index (χ0n) is 13.4. The van der Waals surface area contributed by atoms with Gasteiger partial charge in [0.1, 0.15) is 6.61 Å². The lowest BCUT2D eigenvalue weighted by Gasteiger charge is -2.08. The van der Waals surface area contributed by atoms with E-state index in [0.717, 1.165) is 19.4 Å². The molecule has 1 unspecified atom stereocenters. The Morgan fingerprint density at radius 3 is 2.35 bits per heavy atom. The Morgan fingerprint density at radius 1 is 0.950 bits per heavy atom. The van der Waals surface area contributed by atoms with Crippen molar-refractivity contribution in [2.45, 2.75) is 46.6 Å². The van der Waals surface area contributed by atoms with Crippen molar-refractivity contribution in [3.8, 4) is 23.7 Å². The summed E-state index contributed by atoms with van der Waals surface area (Å²) in [6, 6.07) is 0.506. The van der Waals surface area contributed by atoms with E-state index in [0.29, 0.717) is 38.4 Å². The summed E-state index contributed by atoms with van der Waals surface area (Å²) in [5.74, 6) is 12.2. The second kappa shape index (κ2) is 14.4. The van der Waals surface area contributed by atoms with Crippen LogP contribution in [0.25, 0.3) is 0 Å². The highest BCUT2D eigenvalue weighted by Gasteiger charge is 1.93. The lowest BCUT2D eigenvalue weighted by molar-refractivity contribution is 0.0608. The Morgan fingerprint density at radius 2 is 1.65 bits per heavy atom. The van der Waals surface area contributed by atoms with Crippen molar-refractivity contribution in [3.63, 3.8) is 0 Å². The molecule has 1 N–H and O–H groups in total. The molecule has 0 amide bonds. The van der Waals surface area contributed by atoms with Crippen molar-refractivity contribution in [2.24, 2.45) is 5.92 Å². The maximum Gasteiger partial charge on any atom is 0.108 e. The Balaban J connectivity index is 3.32. The van der Waals surface area contributed by atoms with E-state index in [4.69, 9.17) is 9.47 Å². The minimum atomic E-state index is 0.422. The Labute approximate surface area is 124 Å². The van der Waals surface area contributed by atoms with Gasteiger partial charge < -0.3 is 14.8 Å². The summed E-state index contributed by atoms with van der Waals surface area (Å²) in [5, 5.41) is 3.28. The third-order valence-corrected chi connectivity index (χ3v) is 2.73. The predicted octanol–water partition coefficient (Wildman–Crippen LogP) is 2.46. The largest absolute Gasteiger partial charge is 0.378 e. The first kappa shape index (κ1) is 19.0. The number of rotatable bonds is 10. The first-order valence-electron chi connectivity index (χ1n) is 7.51. The summed E-state index contributed by atoms with van der Waals surface area (Å²) in [6.45, 7) is 11.8. The molecule has 114 valence electrons. The minimum absolute atomic E-state index is 0.422. The Hall–Kier alpha value is -1.00. The van der Waals surface area contributed by atoms with Gasteiger partial charge in [-0.05, 0) is 17.8 Å². The van der Waals surface area contributed by atoms with Crippen molar-refractivity contribution in [2.75, 3.05) is 33.0 Å². The fraction of sp³-hybridized carbons (Fsp3) is 0.765. The van der Waals surface area contributed by atoms with Crippen LogP contribution in [0.3, 0.4) is 0 Å². The zero-order valence-corrected chi connectivity index (χ0v) is 13.4. The number of ether oxygens (including phenoxy) is 2. The molecule has 0 spiro atoms. The molecule has 0 aromatic rings. The molecule has 0 aliphatic heterocycles. The highest BCUT2D eigenvalue weighted by Crippen LogP contribution is 2.03. The van der Waals surface area contributed by atoms with E-state index < -0.39 is 0 Å². The van der Waals surface area contributed by atoms with Crippen molar-refractivity contribution in [1.29, 1.82) is 0 Å². The van der Waals surface area contributed by atoms with Crippen LogP contribution in [0.2, 0.25) is 0 Å². The molecule has 0 aromatic heterocycles. The van der Waals surface area contributed by atoms with Gasteiger partial charge in [-0.25, -0.2) is 0 Å². The topological polar surface area (TPSA) is 30.5 Å². The quantitative estimate of drug-likeness (QED) is 0.492. The van der Waals surface area contributed by atoms with Gasteiger partial charge in [-0.15, -0.1) is 0 Å². The van der Waals surface area contributed by atoms with Gasteiger partial charge in [0.05, 0.1) is 19.8 Å². The van der Waals surface area contributed by atoms with Crippen molar-refractivity contribution >= 4 is 0 Å². The zero-order chi connectivity index (χ0) is 15.1. The number of hydrogen-bond acceptors (Lipinski definition) is 3. The molecule has 0 saturated carbocycles. The van der Waals surface area contributed by atoms with Crippen molar-refractivity contribution < 1.29 is 9.47 Å². The smallest absolute Gasteiger partial charge is 0.108 e. The van der Waals surface area contributed by atoms with Gasteiger partial charge in [-0.1, -0.05) is 46.0 Å². The third-order valence-electron chi connectivity index (χ3n) is 2.73. The normalized spacial score (nSPS) is 11.4. The van der Waals surface area contributed by atoms with Crippen molar-refractivity contribution in [1.82, 2.24) is 5.32 Å². The molecule has 0 radical (unpaired) electrons. The molecule has 0 aromatic carbocycles. The van der Waals surface area contributed by atoms with Gasteiger partial charge >= 0.3 is 0 Å². The molecule has 0 aliphatic rings. The maximum atomic E-state index is 5.40. The van der Waals surface area contributed by atoms with Crippen LogP contribution in [0, 0.1) is 29.6 Å². The second-order valence-electron chi connectivity index (χ2n) is 5.09. The summed E-state index contributed by atoms with van der Waals surface area (Å²) < 4.78 is 10.7. The highest BCUT2D eigenvalue weighted by molar-refractivity contribution is 5.25. The molecular weight excluding hydrogens is 250 g/mol. The van der Waals surface area contributed by atoms with Crippen molar-refractivity contribution in [3.05, 3.63) is 0 Å². The molecule has 3 heteroatoms. The molecule has 0 aliphatic carbocycles. The van der Waals surface area contributed by atoms with Crippen LogP contribution < -0.4 is 5.32 Å². The van der Waals surface area contributed by atoms with Gasteiger partial charge in [0.15, 0.2) is 0 Å². The lowest BCUT2D eigenvalue weighted by atomic mass is 10.1. The van der Waals surface area contributed by atoms with E-state index in [-0.39, 0.29) is 0 Å². The van der Waals surface area contributed by atoms with Crippen LogP contribution in [0.1, 0.15) is 40.5 Å². The lowest BCUT2D eigenvalue weighted by Crippen LogP contribution is -2.27. The fourth-order valence-corrected chi connectivity index (χ4v) is 1.26. The van der Waals surface area contributed by atoms with E-state index in [9.17, 15) is 0 Å². The van der Waals surface area contributed by atoms with E-state index in [1.807, 2.05) is 0 Å². The van der Waals surface area contributed by atoms with Crippen LogP contribution >= 0.6 is 0 Å². The van der Waals surface area contributed by atoms with E-state index >= 15 is 0 Å². The molecular formula is C17H29NO2. The molecule has 20 heavy (non-hydrogen) atoms. The SMILES string of the molecule is CCC(C)CC#CC#CCOCCOCCNC(C)C. The molecule has 1 atom stereocenters. The highest BCUT2D eigenvalue weighted by atomic mass is 16.5. The monoisotopic (exact) mass is 279 g/mol. The second-order valence-corrected chi connectivity index (χ2v) is 5.09. The van der Waals surface area contributed by atoms with Gasteiger partial charge in [0.2, 0.25) is 0 Å². The molecule has 0 heterocycles. The van der Waals surface area contributed by atoms with E-state index in [1.54, 1.807) is 0 Å². The summed E-state index contributed by atoms with van der Waals surface area (Å²) in [6.07, 6.45) is 2.09. The van der Waals surface area contributed by atoms with Gasteiger partial charge in [-0.2, -0.15) is 0 Å². The Bertz CT molecular complexity index is 330. The van der Waals surface area contributed by atoms with E-state index in [1.165, 1.54) is 0 Å². The summed E-state index contributed by atoms with van der Waals surface area (Å²) in [4.78, 5) is 0.